The van der Waals surface area contributed by atoms with Gasteiger partial charge >= 0.3 is 12.1 Å². The molecule has 1 unspecified atom stereocenters. The Morgan fingerprint density at radius 1 is 1.11 bits per heavy atom. The van der Waals surface area contributed by atoms with Gasteiger partial charge in [0.15, 0.2) is 0 Å². The van der Waals surface area contributed by atoms with Crippen LogP contribution in [0.15, 0.2) is 17.1 Å². The molecule has 12 heteroatoms. The van der Waals surface area contributed by atoms with Gasteiger partial charge in [0.05, 0.1) is 27.6 Å². The SMILES string of the molecule is CC(C)c1nc(CN(C)C(=O)NC(C(=O)N2CCN(C(=O)OCc3cncs3)CC2)C(C)C)cs1. The quantitative estimate of drug-likeness (QED) is 0.570. The van der Waals surface area contributed by atoms with Crippen LogP contribution in [0, 0.1) is 5.92 Å². The Bertz CT molecular complexity index is 986. The summed E-state index contributed by atoms with van der Waals surface area (Å²) in [7, 11) is 1.70. The first-order chi connectivity index (χ1) is 16.7. The zero-order chi connectivity index (χ0) is 25.5. The molecular weight excluding hydrogens is 488 g/mol. The van der Waals surface area contributed by atoms with Gasteiger partial charge in [0.1, 0.15) is 12.6 Å². The predicted octanol–water partition coefficient (Wildman–Crippen LogP) is 3.37. The van der Waals surface area contributed by atoms with Crippen molar-refractivity contribution in [1.29, 1.82) is 0 Å². The van der Waals surface area contributed by atoms with Crippen molar-refractivity contribution in [2.45, 2.75) is 52.8 Å². The van der Waals surface area contributed by atoms with Crippen molar-refractivity contribution in [2.24, 2.45) is 5.92 Å². The molecule has 10 nitrogen and oxygen atoms in total. The number of nitrogens with zero attached hydrogens (tertiary/aromatic N) is 5. The molecule has 1 aliphatic rings. The summed E-state index contributed by atoms with van der Waals surface area (Å²) in [6, 6.07) is -0.974. The molecule has 0 saturated carbocycles. The molecule has 0 aliphatic carbocycles. The van der Waals surface area contributed by atoms with Crippen LogP contribution in [0.5, 0.6) is 0 Å². The Hall–Kier alpha value is -2.73. The number of hydrogen-bond acceptors (Lipinski definition) is 8. The van der Waals surface area contributed by atoms with Crippen LogP contribution in [-0.4, -0.2) is 82.0 Å². The summed E-state index contributed by atoms with van der Waals surface area (Å²) < 4.78 is 5.34. The van der Waals surface area contributed by atoms with Crippen LogP contribution in [0.3, 0.4) is 0 Å². The molecule has 1 aliphatic heterocycles. The maximum absolute atomic E-state index is 13.2. The van der Waals surface area contributed by atoms with Crippen molar-refractivity contribution < 1.29 is 19.1 Å². The van der Waals surface area contributed by atoms with Crippen molar-refractivity contribution in [1.82, 2.24) is 30.0 Å². The number of urea groups is 1. The highest BCUT2D eigenvalue weighted by Gasteiger charge is 2.32. The molecule has 192 valence electrons. The van der Waals surface area contributed by atoms with Gasteiger partial charge in [0, 0.05) is 50.7 Å². The number of hydrogen-bond donors (Lipinski definition) is 1. The van der Waals surface area contributed by atoms with E-state index in [4.69, 9.17) is 4.74 Å². The van der Waals surface area contributed by atoms with E-state index < -0.39 is 12.1 Å². The van der Waals surface area contributed by atoms with Gasteiger partial charge in [-0.1, -0.05) is 27.7 Å². The van der Waals surface area contributed by atoms with Crippen molar-refractivity contribution in [3.05, 3.63) is 32.7 Å². The third-order valence-corrected chi connectivity index (χ3v) is 7.64. The number of rotatable bonds is 8. The zero-order valence-corrected chi connectivity index (χ0v) is 22.5. The summed E-state index contributed by atoms with van der Waals surface area (Å²) in [5.41, 5.74) is 2.53. The molecule has 4 amide bonds. The maximum Gasteiger partial charge on any atom is 0.410 e. The lowest BCUT2D eigenvalue weighted by Gasteiger charge is -2.37. The summed E-state index contributed by atoms with van der Waals surface area (Å²) in [5, 5.41) is 5.90. The van der Waals surface area contributed by atoms with E-state index >= 15 is 0 Å². The van der Waals surface area contributed by atoms with Gasteiger partial charge in [-0.25, -0.2) is 14.6 Å². The van der Waals surface area contributed by atoms with E-state index in [9.17, 15) is 14.4 Å². The number of carbonyl (C=O) groups excluding carboxylic acids is 3. The second kappa shape index (κ2) is 12.3. The molecule has 0 aromatic carbocycles. The fraction of sp³-hybridized carbons (Fsp3) is 0.609. The molecule has 0 bridgehead atoms. The van der Waals surface area contributed by atoms with Crippen molar-refractivity contribution in [3.63, 3.8) is 0 Å². The number of aromatic nitrogens is 2. The van der Waals surface area contributed by atoms with Crippen molar-refractivity contribution in [2.75, 3.05) is 33.2 Å². The molecule has 35 heavy (non-hydrogen) atoms. The highest BCUT2D eigenvalue weighted by molar-refractivity contribution is 7.09. The molecule has 0 spiro atoms. The van der Waals surface area contributed by atoms with Gasteiger partial charge in [0.25, 0.3) is 0 Å². The monoisotopic (exact) mass is 522 g/mol. The third kappa shape index (κ3) is 7.38. The Kier molecular flexibility index (Phi) is 9.44. The highest BCUT2D eigenvalue weighted by atomic mass is 32.1. The number of piperazine rings is 1. The van der Waals surface area contributed by atoms with Gasteiger partial charge < -0.3 is 24.8 Å². The number of ether oxygens (including phenoxy) is 1. The number of nitrogens with one attached hydrogen (secondary N) is 1. The van der Waals surface area contributed by atoms with Gasteiger partial charge in [-0.05, 0) is 5.92 Å². The number of carbonyl (C=O) groups is 3. The summed E-state index contributed by atoms with van der Waals surface area (Å²) >= 11 is 3.02. The smallest absolute Gasteiger partial charge is 0.410 e. The lowest BCUT2D eigenvalue weighted by Crippen LogP contribution is -2.58. The molecule has 2 aromatic rings. The molecule has 1 atom stereocenters. The van der Waals surface area contributed by atoms with Crippen LogP contribution >= 0.6 is 22.7 Å². The lowest BCUT2D eigenvalue weighted by molar-refractivity contribution is -0.136. The van der Waals surface area contributed by atoms with E-state index in [1.807, 2.05) is 19.2 Å². The average molecular weight is 523 g/mol. The van der Waals surface area contributed by atoms with Gasteiger partial charge in [-0.2, -0.15) is 0 Å². The van der Waals surface area contributed by atoms with E-state index in [1.54, 1.807) is 44.8 Å². The molecular formula is C23H34N6O4S2. The largest absolute Gasteiger partial charge is 0.444 e. The Morgan fingerprint density at radius 2 is 1.80 bits per heavy atom. The Labute approximate surface area is 214 Å². The minimum atomic E-state index is -0.656. The lowest BCUT2D eigenvalue weighted by atomic mass is 10.0. The predicted molar refractivity (Wildman–Crippen MR) is 135 cm³/mol. The van der Waals surface area contributed by atoms with Crippen LogP contribution < -0.4 is 5.32 Å². The average Bonchev–Trinajstić information content (AvgIpc) is 3.52. The maximum atomic E-state index is 13.2. The third-order valence-electron chi connectivity index (χ3n) is 5.69. The molecule has 1 saturated heterocycles. The molecule has 2 aromatic heterocycles. The molecule has 3 heterocycles. The first-order valence-corrected chi connectivity index (χ1v) is 13.5. The second-order valence-corrected chi connectivity index (χ2v) is 11.1. The Morgan fingerprint density at radius 3 is 2.37 bits per heavy atom. The topological polar surface area (TPSA) is 108 Å². The van der Waals surface area contributed by atoms with Crippen LogP contribution in [-0.2, 0) is 22.7 Å². The number of amides is 4. The van der Waals surface area contributed by atoms with Crippen LogP contribution in [0.2, 0.25) is 0 Å². The van der Waals surface area contributed by atoms with Crippen LogP contribution in [0.4, 0.5) is 9.59 Å². The van der Waals surface area contributed by atoms with E-state index in [2.05, 4.69) is 29.1 Å². The Balaban J connectivity index is 1.49. The van der Waals surface area contributed by atoms with Gasteiger partial charge in [0.2, 0.25) is 5.91 Å². The molecule has 0 radical (unpaired) electrons. The van der Waals surface area contributed by atoms with Crippen LogP contribution in [0.1, 0.15) is 49.2 Å². The molecule has 1 N–H and O–H groups in total. The van der Waals surface area contributed by atoms with E-state index in [0.29, 0.717) is 38.6 Å². The van der Waals surface area contributed by atoms with Gasteiger partial charge in [-0.3, -0.25) is 9.78 Å². The standard InChI is InChI=1S/C23H34N6O4S2/c1-15(2)19(26-22(31)27(5)11-17-13-34-20(25-17)16(3)4)21(30)28-6-8-29(9-7-28)23(32)33-12-18-10-24-14-35-18/h10,13-16,19H,6-9,11-12H2,1-5H3,(H,26,31). The molecule has 1 fully saturated rings. The molecule has 3 rings (SSSR count). The zero-order valence-electron chi connectivity index (χ0n) is 20.9. The second-order valence-electron chi connectivity index (χ2n) is 9.19. The minimum Gasteiger partial charge on any atom is -0.444 e. The highest BCUT2D eigenvalue weighted by Crippen LogP contribution is 2.20. The fourth-order valence-corrected chi connectivity index (χ4v) is 4.91. The minimum absolute atomic E-state index is 0.0888. The first kappa shape index (κ1) is 26.9. The number of thiazole rings is 2. The summed E-state index contributed by atoms with van der Waals surface area (Å²) in [4.78, 5) is 52.7. The summed E-state index contributed by atoms with van der Waals surface area (Å²) in [6.45, 7) is 10.1. The van der Waals surface area contributed by atoms with E-state index in [0.717, 1.165) is 15.6 Å². The van der Waals surface area contributed by atoms with E-state index in [-0.39, 0.29) is 24.5 Å². The summed E-state index contributed by atoms with van der Waals surface area (Å²) in [5.74, 6) is 0.112. The van der Waals surface area contributed by atoms with Crippen molar-refractivity contribution in [3.8, 4) is 0 Å². The first-order valence-electron chi connectivity index (χ1n) is 11.7. The fourth-order valence-electron chi connectivity index (χ4n) is 3.58. The normalized spacial score (nSPS) is 14.8. The van der Waals surface area contributed by atoms with Gasteiger partial charge in [-0.15, -0.1) is 22.7 Å². The van der Waals surface area contributed by atoms with Crippen molar-refractivity contribution >= 4 is 40.7 Å². The van der Waals surface area contributed by atoms with Crippen LogP contribution in [0.25, 0.3) is 0 Å². The summed E-state index contributed by atoms with van der Waals surface area (Å²) in [6.07, 6.45) is 1.27. The van der Waals surface area contributed by atoms with E-state index in [1.165, 1.54) is 11.3 Å².